The van der Waals surface area contributed by atoms with E-state index in [2.05, 4.69) is 53.8 Å². The van der Waals surface area contributed by atoms with E-state index in [9.17, 15) is 0 Å². The zero-order valence-corrected chi connectivity index (χ0v) is 9.53. The predicted octanol–water partition coefficient (Wildman–Crippen LogP) is 3.60. The molecule has 1 N–H and O–H groups in total. The number of rotatable bonds is 0. The highest BCUT2D eigenvalue weighted by molar-refractivity contribution is 6.03. The fourth-order valence-corrected chi connectivity index (χ4v) is 2.96. The van der Waals surface area contributed by atoms with Crippen molar-refractivity contribution < 1.29 is 0 Å². The van der Waals surface area contributed by atoms with Crippen molar-refractivity contribution in [2.75, 3.05) is 0 Å². The van der Waals surface area contributed by atoms with Crippen LogP contribution in [0.3, 0.4) is 0 Å². The lowest BCUT2D eigenvalue weighted by atomic mass is 9.91. The van der Waals surface area contributed by atoms with Gasteiger partial charge in [-0.15, -0.1) is 0 Å². The Labute approximate surface area is 100 Å². The van der Waals surface area contributed by atoms with Gasteiger partial charge in [-0.1, -0.05) is 42.5 Å². The summed E-state index contributed by atoms with van der Waals surface area (Å²) < 4.78 is 0. The third-order valence-electron chi connectivity index (χ3n) is 3.70. The zero-order valence-electron chi connectivity index (χ0n) is 9.53. The lowest BCUT2D eigenvalue weighted by Crippen LogP contribution is -2.18. The summed E-state index contributed by atoms with van der Waals surface area (Å²) >= 11 is 0. The smallest absolute Gasteiger partial charge is 0.0221 e. The van der Waals surface area contributed by atoms with Crippen LogP contribution < -0.4 is 5.32 Å². The molecule has 17 heavy (non-hydrogen) atoms. The van der Waals surface area contributed by atoms with E-state index in [-0.39, 0.29) is 0 Å². The van der Waals surface area contributed by atoms with Crippen LogP contribution in [0.2, 0.25) is 0 Å². The summed E-state index contributed by atoms with van der Waals surface area (Å²) in [4.78, 5) is 0. The van der Waals surface area contributed by atoms with Crippen molar-refractivity contribution in [1.29, 1.82) is 0 Å². The van der Waals surface area contributed by atoms with E-state index in [0.717, 1.165) is 13.1 Å². The molecule has 0 saturated heterocycles. The SMILES string of the molecule is c1ccc2c3c4c(cccc4cc2c1)CNC3. The van der Waals surface area contributed by atoms with Gasteiger partial charge >= 0.3 is 0 Å². The molecule has 4 rings (SSSR count). The molecule has 82 valence electrons. The van der Waals surface area contributed by atoms with E-state index >= 15 is 0 Å². The molecule has 0 amide bonds. The van der Waals surface area contributed by atoms with Gasteiger partial charge in [0.05, 0.1) is 0 Å². The first-order valence-corrected chi connectivity index (χ1v) is 6.06. The lowest BCUT2D eigenvalue weighted by Gasteiger charge is -2.20. The second kappa shape index (κ2) is 3.31. The molecule has 3 aromatic carbocycles. The number of fused-ring (bicyclic) bond motifs is 2. The average Bonchev–Trinajstić information content (AvgIpc) is 2.39. The molecular formula is C16H13N. The van der Waals surface area contributed by atoms with Gasteiger partial charge in [0.2, 0.25) is 0 Å². The largest absolute Gasteiger partial charge is 0.309 e. The van der Waals surface area contributed by atoms with E-state index in [1.54, 1.807) is 0 Å². The second-order valence-electron chi connectivity index (χ2n) is 4.70. The molecule has 1 aliphatic heterocycles. The molecule has 1 heterocycles. The summed E-state index contributed by atoms with van der Waals surface area (Å²) in [5.74, 6) is 0. The fraction of sp³-hybridized carbons (Fsp3) is 0.125. The van der Waals surface area contributed by atoms with E-state index in [0.29, 0.717) is 0 Å². The van der Waals surface area contributed by atoms with Crippen LogP contribution in [-0.4, -0.2) is 0 Å². The molecule has 0 bridgehead atoms. The van der Waals surface area contributed by atoms with Crippen LogP contribution in [-0.2, 0) is 13.1 Å². The van der Waals surface area contributed by atoms with Crippen LogP contribution in [0.25, 0.3) is 21.5 Å². The molecule has 0 saturated carbocycles. The quantitative estimate of drug-likeness (QED) is 0.570. The monoisotopic (exact) mass is 219 g/mol. The van der Waals surface area contributed by atoms with Crippen molar-refractivity contribution >= 4 is 21.5 Å². The summed E-state index contributed by atoms with van der Waals surface area (Å²) in [6.45, 7) is 1.97. The van der Waals surface area contributed by atoms with Gasteiger partial charge < -0.3 is 5.32 Å². The fourth-order valence-electron chi connectivity index (χ4n) is 2.96. The average molecular weight is 219 g/mol. The van der Waals surface area contributed by atoms with Gasteiger partial charge in [0.15, 0.2) is 0 Å². The minimum absolute atomic E-state index is 0.981. The van der Waals surface area contributed by atoms with Gasteiger partial charge in [-0.2, -0.15) is 0 Å². The predicted molar refractivity (Wildman–Crippen MR) is 72.0 cm³/mol. The summed E-state index contributed by atoms with van der Waals surface area (Å²) in [5.41, 5.74) is 2.88. The van der Waals surface area contributed by atoms with Crippen molar-refractivity contribution in [3.63, 3.8) is 0 Å². The molecule has 1 aliphatic rings. The van der Waals surface area contributed by atoms with Crippen molar-refractivity contribution in [2.45, 2.75) is 13.1 Å². The van der Waals surface area contributed by atoms with E-state index in [4.69, 9.17) is 0 Å². The summed E-state index contributed by atoms with van der Waals surface area (Å²) in [6.07, 6.45) is 0. The number of benzene rings is 3. The Hall–Kier alpha value is -1.86. The van der Waals surface area contributed by atoms with Gasteiger partial charge in [0.1, 0.15) is 0 Å². The standard InChI is InChI=1S/C16H13N/c1-2-7-14-11(4-1)8-12-5-3-6-13-9-17-10-15(14)16(12)13/h1-8,17H,9-10H2. The van der Waals surface area contributed by atoms with Gasteiger partial charge in [-0.3, -0.25) is 0 Å². The van der Waals surface area contributed by atoms with Gasteiger partial charge in [-0.25, -0.2) is 0 Å². The topological polar surface area (TPSA) is 12.0 Å². The highest BCUT2D eigenvalue weighted by atomic mass is 14.9. The molecule has 3 aromatic rings. The van der Waals surface area contributed by atoms with E-state index in [1.165, 1.54) is 32.7 Å². The van der Waals surface area contributed by atoms with Crippen LogP contribution >= 0.6 is 0 Å². The van der Waals surface area contributed by atoms with Crippen LogP contribution in [0, 0.1) is 0 Å². The highest BCUT2D eigenvalue weighted by Gasteiger charge is 2.14. The van der Waals surface area contributed by atoms with E-state index in [1.807, 2.05) is 0 Å². The van der Waals surface area contributed by atoms with Crippen LogP contribution in [0.15, 0.2) is 48.5 Å². The van der Waals surface area contributed by atoms with Crippen molar-refractivity contribution in [3.05, 3.63) is 59.7 Å². The Kier molecular flexibility index (Phi) is 1.79. The normalized spacial score (nSPS) is 14.4. The molecule has 0 fully saturated rings. The Morgan fingerprint density at radius 1 is 0.824 bits per heavy atom. The molecule has 0 aromatic heterocycles. The minimum Gasteiger partial charge on any atom is -0.309 e. The van der Waals surface area contributed by atoms with Gasteiger partial charge in [0.25, 0.3) is 0 Å². The van der Waals surface area contributed by atoms with Crippen LogP contribution in [0.1, 0.15) is 11.1 Å². The second-order valence-corrected chi connectivity index (χ2v) is 4.70. The Morgan fingerprint density at radius 2 is 1.71 bits per heavy atom. The molecule has 0 atom stereocenters. The van der Waals surface area contributed by atoms with Crippen molar-refractivity contribution in [3.8, 4) is 0 Å². The number of nitrogens with one attached hydrogen (secondary N) is 1. The molecule has 0 aliphatic carbocycles. The summed E-state index contributed by atoms with van der Waals surface area (Å²) in [6, 6.07) is 17.6. The minimum atomic E-state index is 0.981. The number of hydrogen-bond donors (Lipinski definition) is 1. The first-order chi connectivity index (χ1) is 8.43. The van der Waals surface area contributed by atoms with Gasteiger partial charge in [0, 0.05) is 13.1 Å². The summed E-state index contributed by atoms with van der Waals surface area (Å²) in [5, 5.41) is 9.06. The molecule has 0 radical (unpaired) electrons. The highest BCUT2D eigenvalue weighted by Crippen LogP contribution is 2.32. The van der Waals surface area contributed by atoms with Crippen molar-refractivity contribution in [2.24, 2.45) is 0 Å². The Morgan fingerprint density at radius 3 is 2.71 bits per heavy atom. The lowest BCUT2D eigenvalue weighted by molar-refractivity contribution is 0.686. The molecule has 0 spiro atoms. The Bertz CT molecular complexity index is 728. The third kappa shape index (κ3) is 1.23. The Balaban J connectivity index is 2.30. The van der Waals surface area contributed by atoms with Crippen molar-refractivity contribution in [1.82, 2.24) is 5.32 Å². The summed E-state index contributed by atoms with van der Waals surface area (Å²) in [7, 11) is 0. The van der Waals surface area contributed by atoms with Crippen LogP contribution in [0.5, 0.6) is 0 Å². The molecule has 1 nitrogen and oxygen atoms in total. The zero-order chi connectivity index (χ0) is 11.2. The van der Waals surface area contributed by atoms with Gasteiger partial charge in [-0.05, 0) is 38.7 Å². The first-order valence-electron chi connectivity index (χ1n) is 6.06. The third-order valence-corrected chi connectivity index (χ3v) is 3.70. The van der Waals surface area contributed by atoms with Crippen LogP contribution in [0.4, 0.5) is 0 Å². The molecule has 1 heteroatoms. The number of hydrogen-bond acceptors (Lipinski definition) is 1. The maximum atomic E-state index is 3.49. The maximum Gasteiger partial charge on any atom is 0.0221 e. The molecular weight excluding hydrogens is 206 g/mol. The maximum absolute atomic E-state index is 3.49. The molecule has 0 unspecified atom stereocenters. The van der Waals surface area contributed by atoms with E-state index < -0.39 is 0 Å². The first kappa shape index (κ1) is 9.20.